The highest BCUT2D eigenvalue weighted by Crippen LogP contribution is 2.46. The largest absolute Gasteiger partial charge is 0.348 e. The molecule has 2 aliphatic rings. The number of hydrogen-bond acceptors (Lipinski definition) is 3. The number of rotatable bonds is 4. The molecule has 1 spiro atoms. The second-order valence-corrected chi connectivity index (χ2v) is 10.2. The summed E-state index contributed by atoms with van der Waals surface area (Å²) in [7, 11) is 0. The van der Waals surface area contributed by atoms with Crippen LogP contribution in [0.25, 0.3) is 10.8 Å². The molecule has 31 heavy (non-hydrogen) atoms. The average molecular weight is 422 g/mol. The molecule has 0 unspecified atom stereocenters. The van der Waals surface area contributed by atoms with Gasteiger partial charge in [0.25, 0.3) is 5.91 Å². The Kier molecular flexibility index (Phi) is 5.28. The fourth-order valence-electron chi connectivity index (χ4n) is 5.64. The van der Waals surface area contributed by atoms with Gasteiger partial charge in [-0.3, -0.25) is 14.5 Å². The first-order chi connectivity index (χ1) is 14.6. The number of carbonyl (C=O) groups is 3. The SMILES string of the molecule is C[C@@H]1CC(C)(C)C[C@]2(C1)NC(=O)N(CC(=O)N[C@H](C)c1ccc3ccccc3c1)C2=O. The van der Waals surface area contributed by atoms with Crippen LogP contribution in [0.15, 0.2) is 42.5 Å². The first kappa shape index (κ1) is 21.3. The summed E-state index contributed by atoms with van der Waals surface area (Å²) in [6, 6.07) is 13.4. The van der Waals surface area contributed by atoms with Gasteiger partial charge in [-0.2, -0.15) is 0 Å². The van der Waals surface area contributed by atoms with Crippen LogP contribution in [0.5, 0.6) is 0 Å². The topological polar surface area (TPSA) is 78.5 Å². The molecule has 1 saturated heterocycles. The van der Waals surface area contributed by atoms with Crippen molar-refractivity contribution in [3.8, 4) is 0 Å². The molecule has 6 nitrogen and oxygen atoms in total. The summed E-state index contributed by atoms with van der Waals surface area (Å²) in [5.41, 5.74) is 0.0509. The molecule has 3 atom stereocenters. The van der Waals surface area contributed by atoms with E-state index in [9.17, 15) is 14.4 Å². The Morgan fingerprint density at radius 1 is 1.16 bits per heavy atom. The van der Waals surface area contributed by atoms with E-state index in [1.807, 2.05) is 43.3 Å². The zero-order valence-corrected chi connectivity index (χ0v) is 18.7. The summed E-state index contributed by atoms with van der Waals surface area (Å²) in [6.07, 6.45) is 2.23. The first-order valence-corrected chi connectivity index (χ1v) is 11.0. The molecular weight excluding hydrogens is 390 g/mol. The molecule has 4 amide bonds. The van der Waals surface area contributed by atoms with E-state index in [1.165, 1.54) is 0 Å². The summed E-state index contributed by atoms with van der Waals surface area (Å²) in [5, 5.41) is 8.10. The highest BCUT2D eigenvalue weighted by atomic mass is 16.2. The van der Waals surface area contributed by atoms with Gasteiger partial charge in [0.2, 0.25) is 5.91 Å². The summed E-state index contributed by atoms with van der Waals surface area (Å²) in [6.45, 7) is 8.01. The van der Waals surface area contributed by atoms with E-state index in [0.29, 0.717) is 18.8 Å². The van der Waals surface area contributed by atoms with Crippen molar-refractivity contribution in [3.63, 3.8) is 0 Å². The highest BCUT2D eigenvalue weighted by Gasteiger charge is 2.56. The first-order valence-electron chi connectivity index (χ1n) is 11.0. The molecule has 1 heterocycles. The maximum absolute atomic E-state index is 13.2. The monoisotopic (exact) mass is 421 g/mol. The van der Waals surface area contributed by atoms with Crippen LogP contribution in [0.2, 0.25) is 0 Å². The van der Waals surface area contributed by atoms with Gasteiger partial charge in [0.1, 0.15) is 12.1 Å². The van der Waals surface area contributed by atoms with Gasteiger partial charge in [-0.15, -0.1) is 0 Å². The van der Waals surface area contributed by atoms with E-state index >= 15 is 0 Å². The van der Waals surface area contributed by atoms with Gasteiger partial charge in [0, 0.05) is 0 Å². The molecule has 4 rings (SSSR count). The molecule has 1 saturated carbocycles. The number of nitrogens with one attached hydrogen (secondary N) is 2. The van der Waals surface area contributed by atoms with Crippen LogP contribution >= 0.6 is 0 Å². The lowest BCUT2D eigenvalue weighted by atomic mass is 9.64. The Bertz CT molecular complexity index is 1050. The number of carbonyl (C=O) groups excluding carboxylic acids is 3. The van der Waals surface area contributed by atoms with Crippen LogP contribution in [0.4, 0.5) is 4.79 Å². The predicted octanol–water partition coefficient (Wildman–Crippen LogP) is 4.15. The number of urea groups is 1. The van der Waals surface area contributed by atoms with Crippen molar-refractivity contribution in [2.24, 2.45) is 11.3 Å². The Labute approximate surface area is 183 Å². The molecule has 164 valence electrons. The van der Waals surface area contributed by atoms with E-state index in [0.717, 1.165) is 27.7 Å². The zero-order chi connectivity index (χ0) is 22.4. The number of nitrogens with zero attached hydrogens (tertiary/aromatic N) is 1. The molecule has 2 N–H and O–H groups in total. The smallest absolute Gasteiger partial charge is 0.325 e. The summed E-state index contributed by atoms with van der Waals surface area (Å²) in [5.74, 6) is -0.287. The van der Waals surface area contributed by atoms with E-state index in [4.69, 9.17) is 0 Å². The highest BCUT2D eigenvalue weighted by molar-refractivity contribution is 6.09. The lowest BCUT2D eigenvalue weighted by Gasteiger charge is -2.43. The van der Waals surface area contributed by atoms with Crippen LogP contribution in [-0.2, 0) is 9.59 Å². The number of amides is 4. The normalized spacial score (nSPS) is 26.2. The van der Waals surface area contributed by atoms with Crippen LogP contribution in [0.1, 0.15) is 58.6 Å². The maximum Gasteiger partial charge on any atom is 0.325 e. The summed E-state index contributed by atoms with van der Waals surface area (Å²) in [4.78, 5) is 39.6. The van der Waals surface area contributed by atoms with Crippen LogP contribution < -0.4 is 10.6 Å². The minimum Gasteiger partial charge on any atom is -0.348 e. The minimum absolute atomic E-state index is 0.0382. The van der Waals surface area contributed by atoms with E-state index in [-0.39, 0.29) is 29.8 Å². The van der Waals surface area contributed by atoms with Gasteiger partial charge in [-0.05, 0) is 59.9 Å². The lowest BCUT2D eigenvalue weighted by molar-refractivity contribution is -0.137. The van der Waals surface area contributed by atoms with Crippen molar-refractivity contribution in [3.05, 3.63) is 48.0 Å². The quantitative estimate of drug-likeness (QED) is 0.728. The summed E-state index contributed by atoms with van der Waals surface area (Å²) < 4.78 is 0. The Morgan fingerprint density at radius 2 is 1.87 bits per heavy atom. The average Bonchev–Trinajstić information content (AvgIpc) is 2.89. The maximum atomic E-state index is 13.2. The summed E-state index contributed by atoms with van der Waals surface area (Å²) >= 11 is 0. The van der Waals surface area contributed by atoms with E-state index in [2.05, 4.69) is 37.5 Å². The number of benzene rings is 2. The van der Waals surface area contributed by atoms with Crippen molar-refractivity contribution in [1.29, 1.82) is 0 Å². The third kappa shape index (κ3) is 4.16. The fraction of sp³-hybridized carbons (Fsp3) is 0.480. The van der Waals surface area contributed by atoms with Gasteiger partial charge in [-0.1, -0.05) is 57.2 Å². The molecular formula is C25H31N3O3. The van der Waals surface area contributed by atoms with Crippen LogP contribution in [0, 0.1) is 11.3 Å². The molecule has 0 aromatic heterocycles. The second-order valence-electron chi connectivity index (χ2n) is 10.2. The molecule has 0 bridgehead atoms. The predicted molar refractivity (Wildman–Crippen MR) is 120 cm³/mol. The molecule has 2 fully saturated rings. The third-order valence-corrected chi connectivity index (χ3v) is 6.58. The van der Waals surface area contributed by atoms with Crippen molar-refractivity contribution in [1.82, 2.24) is 15.5 Å². The van der Waals surface area contributed by atoms with Gasteiger partial charge in [0.05, 0.1) is 6.04 Å². The van der Waals surface area contributed by atoms with Crippen molar-refractivity contribution >= 4 is 28.6 Å². The molecule has 1 aliphatic heterocycles. The van der Waals surface area contributed by atoms with Gasteiger partial charge < -0.3 is 10.6 Å². The molecule has 0 radical (unpaired) electrons. The molecule has 2 aromatic carbocycles. The van der Waals surface area contributed by atoms with E-state index < -0.39 is 11.6 Å². The Hall–Kier alpha value is -2.89. The Balaban J connectivity index is 1.44. The second kappa shape index (κ2) is 7.66. The standard InChI is InChI=1S/C25H31N3O3/c1-16-12-24(3,4)15-25(13-16)22(30)28(23(31)27-25)14-21(29)26-17(2)19-10-9-18-7-5-6-8-20(18)11-19/h5-11,16-17H,12-15H2,1-4H3,(H,26,29)(H,27,31)/t16-,17-,25+/m1/s1. The van der Waals surface area contributed by atoms with Crippen LogP contribution in [-0.4, -0.2) is 34.8 Å². The third-order valence-electron chi connectivity index (χ3n) is 6.58. The van der Waals surface area contributed by atoms with Crippen molar-refractivity contribution in [2.45, 2.75) is 58.5 Å². The number of imide groups is 1. The molecule has 1 aliphatic carbocycles. The molecule has 2 aromatic rings. The van der Waals surface area contributed by atoms with Crippen molar-refractivity contribution < 1.29 is 14.4 Å². The van der Waals surface area contributed by atoms with Gasteiger partial charge in [0.15, 0.2) is 0 Å². The van der Waals surface area contributed by atoms with Crippen LogP contribution in [0.3, 0.4) is 0 Å². The molecule has 6 heteroatoms. The Morgan fingerprint density at radius 3 is 2.58 bits per heavy atom. The van der Waals surface area contributed by atoms with Gasteiger partial charge in [-0.25, -0.2) is 4.79 Å². The zero-order valence-electron chi connectivity index (χ0n) is 18.7. The lowest BCUT2D eigenvalue weighted by Crippen LogP contribution is -2.54. The van der Waals surface area contributed by atoms with Gasteiger partial charge >= 0.3 is 6.03 Å². The van der Waals surface area contributed by atoms with Crippen molar-refractivity contribution in [2.75, 3.05) is 6.54 Å². The fourth-order valence-corrected chi connectivity index (χ4v) is 5.64. The number of fused-ring (bicyclic) bond motifs is 1. The minimum atomic E-state index is -0.886. The van der Waals surface area contributed by atoms with E-state index in [1.54, 1.807) is 0 Å². The number of hydrogen-bond donors (Lipinski definition) is 2.